The number of nitrogens with one attached hydrogen (secondary N) is 2. The Morgan fingerprint density at radius 1 is 1.22 bits per heavy atom. The van der Waals surface area contributed by atoms with Crippen LogP contribution < -0.4 is 16.3 Å². The van der Waals surface area contributed by atoms with Crippen LogP contribution in [0.25, 0.3) is 0 Å². The summed E-state index contributed by atoms with van der Waals surface area (Å²) in [5.74, 6) is 1.70. The van der Waals surface area contributed by atoms with E-state index in [9.17, 15) is 4.79 Å². The molecule has 1 aliphatic rings. The Hall–Kier alpha value is -1.84. The van der Waals surface area contributed by atoms with Crippen LogP contribution in [0.2, 0.25) is 0 Å². The molecule has 0 bridgehead atoms. The lowest BCUT2D eigenvalue weighted by Gasteiger charge is -2.12. The summed E-state index contributed by atoms with van der Waals surface area (Å²) >= 11 is 0. The lowest BCUT2D eigenvalue weighted by atomic mass is 10.1. The van der Waals surface area contributed by atoms with Gasteiger partial charge in [0.2, 0.25) is 0 Å². The highest BCUT2D eigenvalue weighted by molar-refractivity contribution is 14.0. The van der Waals surface area contributed by atoms with Crippen molar-refractivity contribution in [3.63, 3.8) is 0 Å². The van der Waals surface area contributed by atoms with Crippen molar-refractivity contribution >= 4 is 29.9 Å². The standard InChI is InChI=1S/C19H28N6O.HI/c1-15-7-9-16(10-8-15)14-22-18(20-2)21-11-5-13-25-19(26)24-12-4-3-6-17(24)23-25;/h7-10H,3-6,11-14H2,1-2H3,(H2,20,21,22);1H. The van der Waals surface area contributed by atoms with Crippen LogP contribution in [0.5, 0.6) is 0 Å². The van der Waals surface area contributed by atoms with Gasteiger partial charge in [0.1, 0.15) is 5.82 Å². The van der Waals surface area contributed by atoms with Gasteiger partial charge in [0.05, 0.1) is 0 Å². The second kappa shape index (κ2) is 10.5. The Morgan fingerprint density at radius 3 is 2.70 bits per heavy atom. The van der Waals surface area contributed by atoms with Crippen molar-refractivity contribution in [3.05, 3.63) is 51.7 Å². The number of rotatable bonds is 6. The second-order valence-corrected chi connectivity index (χ2v) is 6.72. The van der Waals surface area contributed by atoms with Crippen LogP contribution in [0.15, 0.2) is 34.1 Å². The van der Waals surface area contributed by atoms with E-state index in [4.69, 9.17) is 0 Å². The molecule has 1 aliphatic heterocycles. The van der Waals surface area contributed by atoms with Gasteiger partial charge in [0, 0.05) is 39.6 Å². The monoisotopic (exact) mass is 484 g/mol. The summed E-state index contributed by atoms with van der Waals surface area (Å²) in [6.07, 6.45) is 3.93. The van der Waals surface area contributed by atoms with Gasteiger partial charge in [-0.15, -0.1) is 24.0 Å². The third-order valence-electron chi connectivity index (χ3n) is 4.67. The Kier molecular flexibility index (Phi) is 8.33. The minimum atomic E-state index is 0. The van der Waals surface area contributed by atoms with Crippen LogP contribution in [-0.4, -0.2) is 33.9 Å². The molecule has 3 rings (SSSR count). The zero-order chi connectivity index (χ0) is 18.4. The zero-order valence-electron chi connectivity index (χ0n) is 16.1. The van der Waals surface area contributed by atoms with Crippen molar-refractivity contribution in [1.29, 1.82) is 0 Å². The first kappa shape index (κ1) is 21.5. The van der Waals surface area contributed by atoms with Crippen molar-refractivity contribution in [1.82, 2.24) is 25.0 Å². The average Bonchev–Trinajstić information content (AvgIpc) is 2.99. The van der Waals surface area contributed by atoms with Crippen LogP contribution >= 0.6 is 24.0 Å². The van der Waals surface area contributed by atoms with Crippen molar-refractivity contribution in [3.8, 4) is 0 Å². The van der Waals surface area contributed by atoms with Crippen LogP contribution in [-0.2, 0) is 26.1 Å². The van der Waals surface area contributed by atoms with Crippen LogP contribution in [0.1, 0.15) is 36.2 Å². The molecule has 1 aromatic heterocycles. The van der Waals surface area contributed by atoms with E-state index in [1.165, 1.54) is 11.1 Å². The Labute approximate surface area is 177 Å². The van der Waals surface area contributed by atoms with Gasteiger partial charge in [-0.25, -0.2) is 9.48 Å². The number of aryl methyl sites for hydroxylation is 3. The fraction of sp³-hybridized carbons (Fsp3) is 0.526. The highest BCUT2D eigenvalue weighted by Crippen LogP contribution is 2.09. The van der Waals surface area contributed by atoms with E-state index in [1.807, 2.05) is 4.57 Å². The van der Waals surface area contributed by atoms with E-state index >= 15 is 0 Å². The summed E-state index contributed by atoms with van der Waals surface area (Å²) in [6.45, 7) is 4.98. The molecule has 27 heavy (non-hydrogen) atoms. The van der Waals surface area contributed by atoms with Crippen molar-refractivity contribution in [2.45, 2.75) is 52.2 Å². The number of aromatic nitrogens is 3. The SMILES string of the molecule is CN=C(NCCCn1nc2n(c1=O)CCCC2)NCc1ccc(C)cc1.I. The van der Waals surface area contributed by atoms with Crippen molar-refractivity contribution in [2.24, 2.45) is 4.99 Å². The van der Waals surface area contributed by atoms with E-state index in [1.54, 1.807) is 11.7 Å². The maximum absolute atomic E-state index is 12.3. The third-order valence-corrected chi connectivity index (χ3v) is 4.67. The molecule has 0 radical (unpaired) electrons. The second-order valence-electron chi connectivity index (χ2n) is 6.72. The highest BCUT2D eigenvalue weighted by Gasteiger charge is 2.16. The molecule has 2 aromatic rings. The van der Waals surface area contributed by atoms with Gasteiger partial charge in [-0.3, -0.25) is 9.56 Å². The minimum Gasteiger partial charge on any atom is -0.356 e. The van der Waals surface area contributed by atoms with Gasteiger partial charge in [-0.05, 0) is 31.7 Å². The van der Waals surface area contributed by atoms with Gasteiger partial charge in [0.25, 0.3) is 0 Å². The molecule has 0 spiro atoms. The molecule has 148 valence electrons. The molecule has 2 N–H and O–H groups in total. The van der Waals surface area contributed by atoms with E-state index in [2.05, 4.69) is 51.9 Å². The number of guanidine groups is 1. The molecular formula is C19H29IN6O. The van der Waals surface area contributed by atoms with Crippen LogP contribution in [0, 0.1) is 6.92 Å². The number of fused-ring (bicyclic) bond motifs is 1. The van der Waals surface area contributed by atoms with Gasteiger partial charge >= 0.3 is 5.69 Å². The van der Waals surface area contributed by atoms with E-state index in [-0.39, 0.29) is 29.7 Å². The summed E-state index contributed by atoms with van der Waals surface area (Å²) in [5.41, 5.74) is 2.50. The smallest absolute Gasteiger partial charge is 0.345 e. The topological polar surface area (TPSA) is 76.2 Å². The minimum absolute atomic E-state index is 0. The Morgan fingerprint density at radius 2 is 2.00 bits per heavy atom. The molecule has 0 saturated carbocycles. The van der Waals surface area contributed by atoms with E-state index < -0.39 is 0 Å². The third kappa shape index (κ3) is 5.82. The van der Waals surface area contributed by atoms with Crippen molar-refractivity contribution in [2.75, 3.05) is 13.6 Å². The summed E-state index contributed by atoms with van der Waals surface area (Å²) in [5, 5.41) is 11.1. The van der Waals surface area contributed by atoms with Gasteiger partial charge in [-0.1, -0.05) is 29.8 Å². The zero-order valence-corrected chi connectivity index (χ0v) is 18.4. The molecule has 0 amide bonds. The molecule has 0 atom stereocenters. The summed E-state index contributed by atoms with van der Waals surface area (Å²) in [7, 11) is 1.76. The number of aliphatic imine (C=N–C) groups is 1. The molecule has 0 saturated heterocycles. The van der Waals surface area contributed by atoms with Crippen molar-refractivity contribution < 1.29 is 0 Å². The molecule has 0 unspecified atom stereocenters. The molecule has 8 heteroatoms. The van der Waals surface area contributed by atoms with Gasteiger partial charge < -0.3 is 10.6 Å². The normalized spacial score (nSPS) is 13.6. The molecule has 0 fully saturated rings. The molecule has 1 aromatic carbocycles. The number of benzene rings is 1. The average molecular weight is 484 g/mol. The number of halogens is 1. The molecular weight excluding hydrogens is 455 g/mol. The maximum atomic E-state index is 12.3. The fourth-order valence-corrected chi connectivity index (χ4v) is 3.14. The summed E-state index contributed by atoms with van der Waals surface area (Å²) < 4.78 is 3.42. The molecule has 2 heterocycles. The lowest BCUT2D eigenvalue weighted by Crippen LogP contribution is -2.37. The van der Waals surface area contributed by atoms with Crippen LogP contribution in [0.3, 0.4) is 0 Å². The number of hydrogen-bond acceptors (Lipinski definition) is 3. The van der Waals surface area contributed by atoms with Crippen LogP contribution in [0.4, 0.5) is 0 Å². The lowest BCUT2D eigenvalue weighted by molar-refractivity contribution is 0.509. The number of hydrogen-bond donors (Lipinski definition) is 2. The van der Waals surface area contributed by atoms with E-state index in [0.717, 1.165) is 57.1 Å². The molecule has 0 aliphatic carbocycles. The highest BCUT2D eigenvalue weighted by atomic mass is 127. The summed E-state index contributed by atoms with van der Waals surface area (Å²) in [6, 6.07) is 8.44. The first-order valence-corrected chi connectivity index (χ1v) is 9.34. The Bertz CT molecular complexity index is 809. The van der Waals surface area contributed by atoms with E-state index in [0.29, 0.717) is 6.54 Å². The predicted octanol–water partition coefficient (Wildman–Crippen LogP) is 2.06. The van der Waals surface area contributed by atoms with Gasteiger partial charge in [-0.2, -0.15) is 5.10 Å². The summed E-state index contributed by atoms with van der Waals surface area (Å²) in [4.78, 5) is 16.5. The first-order chi connectivity index (χ1) is 12.7. The predicted molar refractivity (Wildman–Crippen MR) is 119 cm³/mol. The molecule has 7 nitrogen and oxygen atoms in total. The first-order valence-electron chi connectivity index (χ1n) is 9.34. The largest absolute Gasteiger partial charge is 0.356 e. The van der Waals surface area contributed by atoms with Gasteiger partial charge in [0.15, 0.2) is 5.96 Å². The quantitative estimate of drug-likeness (QED) is 0.285. The maximum Gasteiger partial charge on any atom is 0.345 e. The fourth-order valence-electron chi connectivity index (χ4n) is 3.14. The Balaban J connectivity index is 0.00000261. The number of nitrogens with zero attached hydrogens (tertiary/aromatic N) is 4.